The standard InChI is InChI=1S/C16H15ClO/c1-3-12-5-7-13(8-6-12)16(18)14-9-4-11(2)10-15(14)17/h4-10H,3H2,1-2H3. The van der Waals surface area contributed by atoms with Crippen molar-refractivity contribution >= 4 is 17.4 Å². The van der Waals surface area contributed by atoms with E-state index in [2.05, 4.69) is 6.92 Å². The number of carbonyl (C=O) groups is 1. The van der Waals surface area contributed by atoms with Crippen LogP contribution in [0.25, 0.3) is 0 Å². The molecule has 2 aromatic rings. The smallest absolute Gasteiger partial charge is 0.194 e. The normalized spacial score (nSPS) is 10.4. The highest BCUT2D eigenvalue weighted by atomic mass is 35.5. The average molecular weight is 259 g/mol. The molecule has 0 bridgehead atoms. The fourth-order valence-electron chi connectivity index (χ4n) is 1.85. The van der Waals surface area contributed by atoms with Gasteiger partial charge >= 0.3 is 0 Å². The highest BCUT2D eigenvalue weighted by Crippen LogP contribution is 2.21. The summed E-state index contributed by atoms with van der Waals surface area (Å²) >= 11 is 6.11. The third kappa shape index (κ3) is 2.62. The number of carbonyl (C=O) groups excluding carboxylic acids is 1. The van der Waals surface area contributed by atoms with Crippen LogP contribution in [-0.2, 0) is 6.42 Å². The van der Waals surface area contributed by atoms with E-state index in [0.717, 1.165) is 12.0 Å². The molecule has 0 heterocycles. The third-order valence-corrected chi connectivity index (χ3v) is 3.31. The first-order chi connectivity index (χ1) is 8.61. The molecule has 0 amide bonds. The number of hydrogen-bond acceptors (Lipinski definition) is 1. The average Bonchev–Trinajstić information content (AvgIpc) is 2.38. The SMILES string of the molecule is CCc1ccc(C(=O)c2ccc(C)cc2Cl)cc1. The number of ketones is 1. The van der Waals surface area contributed by atoms with Gasteiger partial charge in [-0.1, -0.05) is 48.9 Å². The Morgan fingerprint density at radius 2 is 1.78 bits per heavy atom. The maximum Gasteiger partial charge on any atom is 0.194 e. The Bertz CT molecular complexity index is 570. The summed E-state index contributed by atoms with van der Waals surface area (Å²) in [4.78, 5) is 12.3. The molecule has 0 saturated carbocycles. The van der Waals surface area contributed by atoms with E-state index in [1.54, 1.807) is 6.07 Å². The zero-order valence-electron chi connectivity index (χ0n) is 10.5. The lowest BCUT2D eigenvalue weighted by molar-refractivity contribution is 0.103. The minimum Gasteiger partial charge on any atom is -0.289 e. The first kappa shape index (κ1) is 12.8. The molecule has 0 aromatic heterocycles. The molecular formula is C16H15ClO. The van der Waals surface area contributed by atoms with E-state index in [0.29, 0.717) is 16.1 Å². The number of aryl methyl sites for hydroxylation is 2. The molecular weight excluding hydrogens is 244 g/mol. The molecule has 0 radical (unpaired) electrons. The number of hydrogen-bond donors (Lipinski definition) is 0. The fourth-order valence-corrected chi connectivity index (χ4v) is 2.17. The Labute approximate surface area is 112 Å². The van der Waals surface area contributed by atoms with E-state index in [1.807, 2.05) is 43.3 Å². The molecule has 0 N–H and O–H groups in total. The number of benzene rings is 2. The fraction of sp³-hybridized carbons (Fsp3) is 0.188. The summed E-state index contributed by atoms with van der Waals surface area (Å²) in [6.45, 7) is 4.05. The van der Waals surface area contributed by atoms with Crippen molar-refractivity contribution < 1.29 is 4.79 Å². The number of halogens is 1. The second-order valence-electron chi connectivity index (χ2n) is 4.36. The quantitative estimate of drug-likeness (QED) is 0.744. The predicted molar refractivity (Wildman–Crippen MR) is 75.4 cm³/mol. The second-order valence-corrected chi connectivity index (χ2v) is 4.77. The van der Waals surface area contributed by atoms with E-state index in [-0.39, 0.29) is 5.78 Å². The van der Waals surface area contributed by atoms with Crippen LogP contribution in [0, 0.1) is 6.92 Å². The van der Waals surface area contributed by atoms with Crippen molar-refractivity contribution in [3.05, 3.63) is 69.7 Å². The Morgan fingerprint density at radius 1 is 1.11 bits per heavy atom. The van der Waals surface area contributed by atoms with Gasteiger partial charge in [0.2, 0.25) is 0 Å². The Morgan fingerprint density at radius 3 is 2.33 bits per heavy atom. The number of rotatable bonds is 3. The molecule has 0 aliphatic carbocycles. The highest BCUT2D eigenvalue weighted by Gasteiger charge is 2.12. The molecule has 2 heteroatoms. The van der Waals surface area contributed by atoms with Crippen molar-refractivity contribution in [3.63, 3.8) is 0 Å². The molecule has 2 aromatic carbocycles. The minimum absolute atomic E-state index is 0.0253. The van der Waals surface area contributed by atoms with Gasteiger partial charge in [-0.2, -0.15) is 0 Å². The van der Waals surface area contributed by atoms with Gasteiger partial charge in [-0.3, -0.25) is 4.79 Å². The summed E-state index contributed by atoms with van der Waals surface area (Å²) in [7, 11) is 0. The molecule has 2 rings (SSSR count). The van der Waals surface area contributed by atoms with Gasteiger partial charge in [0.15, 0.2) is 5.78 Å². The van der Waals surface area contributed by atoms with Crippen LogP contribution in [0.5, 0.6) is 0 Å². The van der Waals surface area contributed by atoms with Crippen LogP contribution in [0.3, 0.4) is 0 Å². The summed E-state index contributed by atoms with van der Waals surface area (Å²) in [5, 5.41) is 0.513. The van der Waals surface area contributed by atoms with Crippen molar-refractivity contribution in [1.29, 1.82) is 0 Å². The van der Waals surface area contributed by atoms with Crippen molar-refractivity contribution in [2.24, 2.45) is 0 Å². The molecule has 0 atom stereocenters. The molecule has 0 aliphatic heterocycles. The largest absolute Gasteiger partial charge is 0.289 e. The summed E-state index contributed by atoms with van der Waals surface area (Å²) in [6, 6.07) is 13.2. The van der Waals surface area contributed by atoms with Gasteiger partial charge in [-0.25, -0.2) is 0 Å². The molecule has 0 saturated heterocycles. The summed E-state index contributed by atoms with van der Waals surface area (Å²) in [5.41, 5.74) is 3.52. The minimum atomic E-state index is -0.0253. The molecule has 18 heavy (non-hydrogen) atoms. The lowest BCUT2D eigenvalue weighted by atomic mass is 10.0. The van der Waals surface area contributed by atoms with Gasteiger partial charge in [-0.15, -0.1) is 0 Å². The van der Waals surface area contributed by atoms with E-state index in [1.165, 1.54) is 5.56 Å². The van der Waals surface area contributed by atoms with E-state index < -0.39 is 0 Å². The lowest BCUT2D eigenvalue weighted by Gasteiger charge is -2.05. The Kier molecular flexibility index (Phi) is 3.83. The van der Waals surface area contributed by atoms with E-state index >= 15 is 0 Å². The van der Waals surface area contributed by atoms with Crippen molar-refractivity contribution in [1.82, 2.24) is 0 Å². The monoisotopic (exact) mass is 258 g/mol. The maximum absolute atomic E-state index is 12.3. The van der Waals surface area contributed by atoms with E-state index in [4.69, 9.17) is 11.6 Å². The predicted octanol–water partition coefficient (Wildman–Crippen LogP) is 4.44. The molecule has 0 unspecified atom stereocenters. The molecule has 1 nitrogen and oxygen atoms in total. The third-order valence-electron chi connectivity index (χ3n) is 2.99. The molecule has 92 valence electrons. The van der Waals surface area contributed by atoms with Crippen LogP contribution in [0.4, 0.5) is 0 Å². The first-order valence-corrected chi connectivity index (χ1v) is 6.39. The summed E-state index contributed by atoms with van der Waals surface area (Å²) in [6.07, 6.45) is 0.972. The summed E-state index contributed by atoms with van der Waals surface area (Å²) < 4.78 is 0. The zero-order chi connectivity index (χ0) is 13.1. The van der Waals surface area contributed by atoms with Crippen LogP contribution >= 0.6 is 11.6 Å². The second kappa shape index (κ2) is 5.36. The lowest BCUT2D eigenvalue weighted by Crippen LogP contribution is -2.02. The van der Waals surface area contributed by atoms with Gasteiger partial charge in [0, 0.05) is 11.1 Å². The Balaban J connectivity index is 2.35. The molecule has 0 aliphatic rings. The summed E-state index contributed by atoms with van der Waals surface area (Å²) in [5.74, 6) is -0.0253. The van der Waals surface area contributed by atoms with E-state index in [9.17, 15) is 4.79 Å². The first-order valence-electron chi connectivity index (χ1n) is 6.01. The van der Waals surface area contributed by atoms with Crippen LogP contribution in [-0.4, -0.2) is 5.78 Å². The zero-order valence-corrected chi connectivity index (χ0v) is 11.3. The van der Waals surface area contributed by atoms with Crippen molar-refractivity contribution in [2.45, 2.75) is 20.3 Å². The molecule has 0 fully saturated rings. The van der Waals surface area contributed by atoms with Gasteiger partial charge in [0.05, 0.1) is 5.02 Å². The van der Waals surface area contributed by atoms with Gasteiger partial charge < -0.3 is 0 Å². The van der Waals surface area contributed by atoms with Gasteiger partial charge in [-0.05, 0) is 36.6 Å². The van der Waals surface area contributed by atoms with Gasteiger partial charge in [0.25, 0.3) is 0 Å². The maximum atomic E-state index is 12.3. The van der Waals surface area contributed by atoms with Crippen molar-refractivity contribution in [3.8, 4) is 0 Å². The van der Waals surface area contributed by atoms with Gasteiger partial charge in [0.1, 0.15) is 0 Å². The van der Waals surface area contributed by atoms with Crippen LogP contribution < -0.4 is 0 Å². The molecule has 0 spiro atoms. The van der Waals surface area contributed by atoms with Crippen molar-refractivity contribution in [2.75, 3.05) is 0 Å². The van der Waals surface area contributed by atoms with Crippen LogP contribution in [0.15, 0.2) is 42.5 Å². The van der Waals surface area contributed by atoms with Crippen LogP contribution in [0.1, 0.15) is 34.0 Å². The van der Waals surface area contributed by atoms with Crippen LogP contribution in [0.2, 0.25) is 5.02 Å². The highest BCUT2D eigenvalue weighted by molar-refractivity contribution is 6.35. The Hall–Kier alpha value is -1.60. The topological polar surface area (TPSA) is 17.1 Å².